The summed E-state index contributed by atoms with van der Waals surface area (Å²) in [5, 5.41) is 1.39. The molecule has 3 aromatic rings. The first kappa shape index (κ1) is 39.9. The van der Waals surface area contributed by atoms with Crippen molar-refractivity contribution in [2.45, 2.75) is 116 Å². The number of rotatable bonds is 6. The molecule has 2 aromatic heterocycles. The second kappa shape index (κ2) is 17.2. The topological polar surface area (TPSA) is 42.1 Å². The van der Waals surface area contributed by atoms with E-state index in [-0.39, 0.29) is 37.0 Å². The van der Waals surface area contributed by atoms with Gasteiger partial charge in [-0.25, -0.2) is 0 Å². The van der Waals surface area contributed by atoms with E-state index in [0.717, 1.165) is 24.5 Å². The molecule has 2 heterocycles. The fourth-order valence-corrected chi connectivity index (χ4v) is 4.38. The molecule has 0 aliphatic carbocycles. The standard InChI is InChI=1S/C12H19N2.2C10H18N2S.Bi/c1-13(2)9-11-6-5-7-12(8-11)10-14(3)4;2*1-7(2)12-6-8(10(3,4)5)11-9(12)13;/h5-7H,9-10H2,1-4H3;2*6-7H,1-5H3,(H,11,13);/q;;;+2/p-2. The molecule has 0 atom stereocenters. The first-order chi connectivity index (χ1) is 18.2. The minimum absolute atomic E-state index is 0. The van der Waals surface area contributed by atoms with Crippen LogP contribution in [0.4, 0.5) is 0 Å². The molecule has 228 valence electrons. The molecule has 1 aromatic carbocycles. The van der Waals surface area contributed by atoms with E-state index in [1.807, 2.05) is 9.13 Å². The summed E-state index contributed by atoms with van der Waals surface area (Å²) >= 11 is 10.3. The fraction of sp³-hybridized carbons (Fsp3) is 0.625. The molecule has 0 aliphatic heterocycles. The Balaban J connectivity index is 0.000000579. The van der Waals surface area contributed by atoms with Crippen LogP contribution in [-0.2, 0) is 49.2 Å². The van der Waals surface area contributed by atoms with Gasteiger partial charge in [0.05, 0.1) is 11.4 Å². The Kier molecular flexibility index (Phi) is 16.8. The minimum Gasteiger partial charge on any atom is -0.742 e. The van der Waals surface area contributed by atoms with Crippen molar-refractivity contribution in [2.75, 3.05) is 28.2 Å². The monoisotopic (exact) mass is 794 g/mol. The number of hydrogen-bond acceptors (Lipinski definition) is 6. The Labute approximate surface area is 281 Å². The smallest absolute Gasteiger partial charge is 0.742 e. The van der Waals surface area contributed by atoms with Crippen molar-refractivity contribution in [1.29, 1.82) is 0 Å². The molecule has 0 saturated carbocycles. The van der Waals surface area contributed by atoms with Gasteiger partial charge in [0.2, 0.25) is 0 Å². The van der Waals surface area contributed by atoms with E-state index >= 15 is 0 Å². The number of imidazole rings is 2. The van der Waals surface area contributed by atoms with Gasteiger partial charge in [-0.3, -0.25) is 9.97 Å². The van der Waals surface area contributed by atoms with Crippen LogP contribution >= 0.6 is 0 Å². The molecular weight excluding hydrogens is 742 g/mol. The molecule has 0 unspecified atom stereocenters. The van der Waals surface area contributed by atoms with E-state index in [2.05, 4.69) is 154 Å². The fourth-order valence-electron chi connectivity index (χ4n) is 3.65. The summed E-state index contributed by atoms with van der Waals surface area (Å²) in [5.74, 6) is 0. The van der Waals surface area contributed by atoms with Gasteiger partial charge >= 0.3 is 26.2 Å². The largest absolute Gasteiger partial charge is 2.00 e. The van der Waals surface area contributed by atoms with Crippen LogP contribution in [0.1, 0.15) is 104 Å². The molecule has 9 heteroatoms. The maximum atomic E-state index is 5.17. The first-order valence-corrected chi connectivity index (χ1v) is 14.9. The van der Waals surface area contributed by atoms with Gasteiger partial charge in [0.1, 0.15) is 0 Å². The predicted octanol–water partition coefficient (Wildman–Crippen LogP) is 6.56. The molecule has 6 nitrogen and oxygen atoms in total. The number of nitrogens with zero attached hydrogens (tertiary/aromatic N) is 6. The van der Waals surface area contributed by atoms with E-state index in [4.69, 9.17) is 25.3 Å². The zero-order valence-electron chi connectivity index (χ0n) is 27.9. The summed E-state index contributed by atoms with van der Waals surface area (Å²) in [7, 11) is 8.30. The summed E-state index contributed by atoms with van der Waals surface area (Å²) in [4.78, 5) is 13.1. The van der Waals surface area contributed by atoms with Crippen molar-refractivity contribution in [2.24, 2.45) is 0 Å². The molecule has 4 radical (unpaired) electrons. The van der Waals surface area contributed by atoms with E-state index < -0.39 is 0 Å². The average molecular weight is 795 g/mol. The molecule has 0 amide bonds. The summed E-state index contributed by atoms with van der Waals surface area (Å²) in [6, 6.07) is 10.6. The zero-order valence-corrected chi connectivity index (χ0v) is 33.0. The summed E-state index contributed by atoms with van der Waals surface area (Å²) < 4.78 is 4.08. The van der Waals surface area contributed by atoms with E-state index in [9.17, 15) is 0 Å². The van der Waals surface area contributed by atoms with Gasteiger partial charge in [-0.15, -0.1) is 0 Å². The van der Waals surface area contributed by atoms with Crippen LogP contribution in [0, 0.1) is 6.07 Å². The van der Waals surface area contributed by atoms with Crippen molar-refractivity contribution in [3.8, 4) is 0 Å². The first-order valence-electron chi connectivity index (χ1n) is 14.0. The number of benzene rings is 1. The second-order valence-electron chi connectivity index (χ2n) is 13.5. The van der Waals surface area contributed by atoms with Crippen molar-refractivity contribution < 1.29 is 0 Å². The predicted molar refractivity (Wildman–Crippen MR) is 180 cm³/mol. The summed E-state index contributed by atoms with van der Waals surface area (Å²) in [6.45, 7) is 23.3. The molecule has 3 rings (SSSR count). The van der Waals surface area contributed by atoms with Gasteiger partial charge < -0.3 is 44.2 Å². The van der Waals surface area contributed by atoms with E-state index in [1.165, 1.54) is 11.1 Å². The molecule has 0 fully saturated rings. The number of aromatic nitrogens is 4. The third-order valence-corrected chi connectivity index (χ3v) is 6.54. The van der Waals surface area contributed by atoms with Crippen LogP contribution in [0.15, 0.2) is 40.9 Å². The minimum atomic E-state index is 0. The Bertz CT molecular complexity index is 1080. The third-order valence-electron chi connectivity index (χ3n) is 5.94. The van der Waals surface area contributed by atoms with Crippen LogP contribution in [0.3, 0.4) is 0 Å². The Hall–Kier alpha value is -1.12. The van der Waals surface area contributed by atoms with Crippen molar-refractivity contribution in [1.82, 2.24) is 28.9 Å². The van der Waals surface area contributed by atoms with E-state index in [0.29, 0.717) is 22.4 Å². The third kappa shape index (κ3) is 14.3. The number of hydrogen-bond donors (Lipinski definition) is 0. The quantitative estimate of drug-likeness (QED) is 0.208. The summed E-state index contributed by atoms with van der Waals surface area (Å²) in [5.41, 5.74) is 4.85. The summed E-state index contributed by atoms with van der Waals surface area (Å²) in [6.07, 6.45) is 4.12. The van der Waals surface area contributed by atoms with Gasteiger partial charge in [-0.1, -0.05) is 59.7 Å². The van der Waals surface area contributed by atoms with Gasteiger partial charge in [-0.05, 0) is 83.4 Å². The average Bonchev–Trinajstić information content (AvgIpc) is 3.37. The Morgan fingerprint density at radius 1 is 0.707 bits per heavy atom. The van der Waals surface area contributed by atoms with Crippen molar-refractivity contribution >= 4 is 51.5 Å². The Morgan fingerprint density at radius 3 is 1.22 bits per heavy atom. The molecule has 0 saturated heterocycles. The van der Waals surface area contributed by atoms with E-state index in [1.54, 1.807) is 0 Å². The van der Waals surface area contributed by atoms with Gasteiger partial charge in [0, 0.05) is 48.4 Å². The normalized spacial score (nSPS) is 11.8. The van der Waals surface area contributed by atoms with Gasteiger partial charge in [0.25, 0.3) is 0 Å². The van der Waals surface area contributed by atoms with Crippen LogP contribution in [0.2, 0.25) is 0 Å². The molecule has 41 heavy (non-hydrogen) atoms. The Morgan fingerprint density at radius 2 is 1.02 bits per heavy atom. The molecule has 0 bridgehead atoms. The van der Waals surface area contributed by atoms with Crippen LogP contribution in [0.5, 0.6) is 0 Å². The van der Waals surface area contributed by atoms with Crippen LogP contribution < -0.4 is 0 Å². The van der Waals surface area contributed by atoms with Crippen molar-refractivity contribution in [3.05, 3.63) is 59.2 Å². The molecular formula is C32H53BiN6S2. The SMILES string of the molecule is CC(C)n1cc(C(C)(C)C)nc1[S-].CC(C)n1cc(C(C)(C)C)nc1[S-].CN(C)Cc1[c]c(CN(C)C)ccc1.[Bi+2]. The molecule has 0 N–H and O–H groups in total. The molecule has 0 aliphatic rings. The maximum Gasteiger partial charge on any atom is 2.00 e. The van der Waals surface area contributed by atoms with Gasteiger partial charge in [-0.2, -0.15) is 0 Å². The maximum absolute atomic E-state index is 5.17. The molecule has 0 spiro atoms. The van der Waals surface area contributed by atoms with Crippen LogP contribution in [-0.4, -0.2) is 83.3 Å². The van der Waals surface area contributed by atoms with Crippen molar-refractivity contribution in [3.63, 3.8) is 0 Å². The second-order valence-corrected chi connectivity index (χ2v) is 14.2. The zero-order chi connectivity index (χ0) is 31.0. The van der Waals surface area contributed by atoms with Crippen LogP contribution in [0.25, 0.3) is 0 Å². The van der Waals surface area contributed by atoms with Gasteiger partial charge in [0.15, 0.2) is 0 Å².